The van der Waals surface area contributed by atoms with E-state index in [1.165, 1.54) is 11.1 Å². The van der Waals surface area contributed by atoms with Crippen LogP contribution in [-0.2, 0) is 6.42 Å². The minimum atomic E-state index is 0.919. The standard InChI is InChI=1S/C17H14N/c1-13-10-11-15-8-5-9-16(17(15)18-13)12-14-6-3-2-4-7-14/h2-10H,12H2,1H3. The molecule has 1 heterocycles. The lowest BCUT2D eigenvalue weighted by Crippen LogP contribution is -1.93. The van der Waals surface area contributed by atoms with Gasteiger partial charge in [-0.25, -0.2) is 0 Å². The van der Waals surface area contributed by atoms with Crippen LogP contribution in [0.1, 0.15) is 16.8 Å². The molecule has 0 N–H and O–H groups in total. The minimum absolute atomic E-state index is 0.919. The Hall–Kier alpha value is -2.15. The van der Waals surface area contributed by atoms with Gasteiger partial charge in [0, 0.05) is 11.1 Å². The van der Waals surface area contributed by atoms with E-state index in [4.69, 9.17) is 0 Å². The first-order valence-corrected chi connectivity index (χ1v) is 6.14. The van der Waals surface area contributed by atoms with Crippen molar-refractivity contribution in [2.24, 2.45) is 0 Å². The molecule has 87 valence electrons. The smallest absolute Gasteiger partial charge is 0.0746 e. The molecule has 0 amide bonds. The molecule has 18 heavy (non-hydrogen) atoms. The summed E-state index contributed by atoms with van der Waals surface area (Å²) in [6, 6.07) is 22.0. The molecule has 0 aliphatic rings. The molecule has 0 spiro atoms. The molecule has 3 rings (SSSR count). The van der Waals surface area contributed by atoms with Crippen LogP contribution in [-0.4, -0.2) is 4.98 Å². The lowest BCUT2D eigenvalue weighted by Gasteiger charge is -2.06. The van der Waals surface area contributed by atoms with E-state index in [1.807, 2.05) is 19.1 Å². The summed E-state index contributed by atoms with van der Waals surface area (Å²) in [5.74, 6) is 0. The van der Waals surface area contributed by atoms with Gasteiger partial charge in [-0.15, -0.1) is 0 Å². The maximum Gasteiger partial charge on any atom is 0.0746 e. The average Bonchev–Trinajstić information content (AvgIpc) is 2.41. The van der Waals surface area contributed by atoms with Gasteiger partial charge in [-0.3, -0.25) is 4.98 Å². The second kappa shape index (κ2) is 4.61. The van der Waals surface area contributed by atoms with Crippen molar-refractivity contribution in [2.75, 3.05) is 0 Å². The van der Waals surface area contributed by atoms with Crippen LogP contribution < -0.4 is 0 Å². The van der Waals surface area contributed by atoms with Crippen molar-refractivity contribution in [1.29, 1.82) is 0 Å². The summed E-state index contributed by atoms with van der Waals surface area (Å²) in [5, 5.41) is 1.09. The average molecular weight is 232 g/mol. The van der Waals surface area contributed by atoms with Crippen LogP contribution in [0.3, 0.4) is 0 Å². The number of rotatable bonds is 2. The molecule has 2 aromatic carbocycles. The van der Waals surface area contributed by atoms with E-state index in [0.717, 1.165) is 23.0 Å². The Morgan fingerprint density at radius 3 is 2.67 bits per heavy atom. The van der Waals surface area contributed by atoms with Gasteiger partial charge in [-0.1, -0.05) is 48.5 Å². The number of nitrogens with zero attached hydrogens (tertiary/aromatic N) is 1. The zero-order valence-electron chi connectivity index (χ0n) is 10.4. The van der Waals surface area contributed by atoms with Crippen LogP contribution in [0.25, 0.3) is 10.9 Å². The van der Waals surface area contributed by atoms with Crippen molar-refractivity contribution in [1.82, 2.24) is 4.98 Å². The van der Waals surface area contributed by atoms with E-state index in [0.29, 0.717) is 0 Å². The van der Waals surface area contributed by atoms with Crippen LogP contribution in [0.15, 0.2) is 54.6 Å². The molecule has 0 atom stereocenters. The molecular formula is C17H14N. The maximum absolute atomic E-state index is 4.64. The van der Waals surface area contributed by atoms with Gasteiger partial charge in [0.1, 0.15) is 0 Å². The Kier molecular flexibility index (Phi) is 2.81. The summed E-state index contributed by atoms with van der Waals surface area (Å²) in [7, 11) is 0. The van der Waals surface area contributed by atoms with Crippen LogP contribution in [0.5, 0.6) is 0 Å². The first kappa shape index (κ1) is 11.0. The van der Waals surface area contributed by atoms with Crippen molar-refractivity contribution >= 4 is 10.9 Å². The van der Waals surface area contributed by atoms with Gasteiger partial charge < -0.3 is 0 Å². The molecular weight excluding hydrogens is 218 g/mol. The number of pyridine rings is 1. The van der Waals surface area contributed by atoms with Crippen molar-refractivity contribution in [3.63, 3.8) is 0 Å². The second-order valence-corrected chi connectivity index (χ2v) is 4.52. The van der Waals surface area contributed by atoms with Gasteiger partial charge >= 0.3 is 0 Å². The number of benzene rings is 2. The molecule has 0 fully saturated rings. The molecule has 0 saturated heterocycles. The van der Waals surface area contributed by atoms with Crippen molar-refractivity contribution in [3.05, 3.63) is 77.5 Å². The fourth-order valence-electron chi connectivity index (χ4n) is 2.19. The number of fused-ring (bicyclic) bond motifs is 1. The largest absolute Gasteiger partial charge is 0.253 e. The van der Waals surface area contributed by atoms with Crippen LogP contribution in [0.2, 0.25) is 0 Å². The van der Waals surface area contributed by atoms with Crippen molar-refractivity contribution in [2.45, 2.75) is 13.3 Å². The number of hydrogen-bond donors (Lipinski definition) is 0. The van der Waals surface area contributed by atoms with E-state index < -0.39 is 0 Å². The molecule has 1 aromatic heterocycles. The number of aryl methyl sites for hydroxylation is 1. The summed E-state index contributed by atoms with van der Waals surface area (Å²) in [6.45, 7) is 2.01. The third kappa shape index (κ3) is 2.12. The first-order valence-electron chi connectivity index (χ1n) is 6.14. The van der Waals surface area contributed by atoms with Gasteiger partial charge in [-0.05, 0) is 36.6 Å². The highest BCUT2D eigenvalue weighted by Crippen LogP contribution is 2.19. The van der Waals surface area contributed by atoms with Gasteiger partial charge in [0.05, 0.1) is 5.52 Å². The highest BCUT2D eigenvalue weighted by atomic mass is 14.7. The topological polar surface area (TPSA) is 12.9 Å². The summed E-state index contributed by atoms with van der Waals surface area (Å²) in [5.41, 5.74) is 4.66. The third-order valence-electron chi connectivity index (χ3n) is 3.08. The molecule has 0 saturated carbocycles. The molecule has 0 aliphatic carbocycles. The predicted molar refractivity (Wildman–Crippen MR) is 74.6 cm³/mol. The molecule has 0 bridgehead atoms. The van der Waals surface area contributed by atoms with Crippen LogP contribution >= 0.6 is 0 Å². The quantitative estimate of drug-likeness (QED) is 0.652. The van der Waals surface area contributed by atoms with Crippen molar-refractivity contribution in [3.8, 4) is 0 Å². The highest BCUT2D eigenvalue weighted by molar-refractivity contribution is 5.81. The molecule has 1 heteroatoms. The predicted octanol–water partition coefficient (Wildman–Crippen LogP) is 3.93. The summed E-state index contributed by atoms with van der Waals surface area (Å²) < 4.78 is 0. The van der Waals surface area contributed by atoms with E-state index in [-0.39, 0.29) is 0 Å². The van der Waals surface area contributed by atoms with Crippen molar-refractivity contribution < 1.29 is 0 Å². The Morgan fingerprint density at radius 1 is 1.00 bits per heavy atom. The lowest BCUT2D eigenvalue weighted by atomic mass is 10.0. The Bertz CT molecular complexity index is 672. The Labute approximate surface area is 107 Å². The van der Waals surface area contributed by atoms with Gasteiger partial charge in [-0.2, -0.15) is 0 Å². The maximum atomic E-state index is 4.64. The molecule has 1 radical (unpaired) electrons. The summed E-state index contributed by atoms with van der Waals surface area (Å²) in [4.78, 5) is 4.64. The highest BCUT2D eigenvalue weighted by Gasteiger charge is 2.03. The molecule has 1 nitrogen and oxygen atoms in total. The monoisotopic (exact) mass is 232 g/mol. The van der Waals surface area contributed by atoms with Crippen LogP contribution in [0.4, 0.5) is 0 Å². The van der Waals surface area contributed by atoms with Gasteiger partial charge in [0.2, 0.25) is 0 Å². The fraction of sp³-hybridized carbons (Fsp3) is 0.118. The fourth-order valence-corrected chi connectivity index (χ4v) is 2.19. The minimum Gasteiger partial charge on any atom is -0.253 e. The second-order valence-electron chi connectivity index (χ2n) is 4.52. The first-order chi connectivity index (χ1) is 8.83. The Balaban J connectivity index is 2.09. The molecule has 0 unspecified atom stereocenters. The third-order valence-corrected chi connectivity index (χ3v) is 3.08. The van der Waals surface area contributed by atoms with Gasteiger partial charge in [0.15, 0.2) is 0 Å². The molecule has 0 aliphatic heterocycles. The van der Waals surface area contributed by atoms with E-state index >= 15 is 0 Å². The van der Waals surface area contributed by atoms with E-state index in [9.17, 15) is 0 Å². The number of para-hydroxylation sites is 1. The number of aromatic nitrogens is 1. The number of hydrogen-bond acceptors (Lipinski definition) is 1. The zero-order chi connectivity index (χ0) is 12.4. The Morgan fingerprint density at radius 2 is 1.83 bits per heavy atom. The van der Waals surface area contributed by atoms with Gasteiger partial charge in [0.25, 0.3) is 0 Å². The zero-order valence-corrected chi connectivity index (χ0v) is 10.4. The summed E-state index contributed by atoms with van der Waals surface area (Å²) in [6.07, 6.45) is 0.919. The van der Waals surface area contributed by atoms with E-state index in [1.54, 1.807) is 0 Å². The van der Waals surface area contributed by atoms with E-state index in [2.05, 4.69) is 53.5 Å². The normalized spacial score (nSPS) is 10.7. The summed E-state index contributed by atoms with van der Waals surface area (Å²) >= 11 is 0. The lowest BCUT2D eigenvalue weighted by molar-refractivity contribution is 1.17. The van der Waals surface area contributed by atoms with Crippen LogP contribution in [0, 0.1) is 13.0 Å². The SMILES string of the molecule is Cc1c[c]c2cccc(Cc3ccccc3)c2n1. The molecule has 3 aromatic rings.